The van der Waals surface area contributed by atoms with E-state index in [4.69, 9.17) is 9.84 Å². The van der Waals surface area contributed by atoms with Crippen molar-refractivity contribution in [3.05, 3.63) is 0 Å². The van der Waals surface area contributed by atoms with E-state index in [1.807, 2.05) is 0 Å². The minimum atomic E-state index is 0.114. The maximum absolute atomic E-state index is 8.47. The highest BCUT2D eigenvalue weighted by molar-refractivity contribution is 4.61. The summed E-state index contributed by atoms with van der Waals surface area (Å²) in [4.78, 5) is 0. The van der Waals surface area contributed by atoms with Gasteiger partial charge >= 0.3 is 0 Å². The van der Waals surface area contributed by atoms with E-state index < -0.39 is 0 Å². The van der Waals surface area contributed by atoms with Crippen molar-refractivity contribution in [3.63, 3.8) is 0 Å². The summed E-state index contributed by atoms with van der Waals surface area (Å²) in [6.07, 6.45) is 2.49. The highest BCUT2D eigenvalue weighted by Crippen LogP contribution is 2.05. The maximum Gasteiger partial charge on any atom is 0.0698 e. The molecule has 0 saturated carbocycles. The van der Waals surface area contributed by atoms with E-state index >= 15 is 0 Å². The van der Waals surface area contributed by atoms with Crippen molar-refractivity contribution in [2.75, 3.05) is 26.4 Å². The Labute approximate surface area is 87.8 Å². The van der Waals surface area contributed by atoms with Gasteiger partial charge in [-0.25, -0.2) is 0 Å². The third-order valence-electron chi connectivity index (χ3n) is 2.15. The average Bonchev–Trinajstić information content (AvgIpc) is 2.14. The molecule has 0 aromatic rings. The summed E-state index contributed by atoms with van der Waals surface area (Å²) in [6.45, 7) is 8.82. The van der Waals surface area contributed by atoms with Gasteiger partial charge < -0.3 is 15.2 Å². The van der Waals surface area contributed by atoms with Gasteiger partial charge in [0.25, 0.3) is 0 Å². The first-order valence-electron chi connectivity index (χ1n) is 5.58. The fourth-order valence-corrected chi connectivity index (χ4v) is 1.23. The number of nitrogens with one attached hydrogen (secondary N) is 1. The molecule has 3 nitrogen and oxygen atoms in total. The second kappa shape index (κ2) is 9.44. The zero-order valence-electron chi connectivity index (χ0n) is 9.75. The van der Waals surface area contributed by atoms with Crippen LogP contribution in [-0.4, -0.2) is 37.5 Å². The molecule has 3 heteroatoms. The number of rotatable bonds is 9. The molecule has 0 aromatic carbocycles. The Hall–Kier alpha value is -0.120. The molecule has 14 heavy (non-hydrogen) atoms. The van der Waals surface area contributed by atoms with Crippen LogP contribution in [0.5, 0.6) is 0 Å². The summed E-state index contributed by atoms with van der Waals surface area (Å²) >= 11 is 0. The van der Waals surface area contributed by atoms with Gasteiger partial charge in [-0.2, -0.15) is 0 Å². The van der Waals surface area contributed by atoms with Crippen LogP contribution in [0.25, 0.3) is 0 Å². The van der Waals surface area contributed by atoms with E-state index in [2.05, 4.69) is 26.1 Å². The summed E-state index contributed by atoms with van der Waals surface area (Å²) in [5, 5.41) is 11.9. The van der Waals surface area contributed by atoms with Gasteiger partial charge in [0.15, 0.2) is 0 Å². The van der Waals surface area contributed by atoms with E-state index in [-0.39, 0.29) is 6.61 Å². The molecule has 0 saturated heterocycles. The molecule has 0 bridgehead atoms. The highest BCUT2D eigenvalue weighted by Gasteiger charge is 2.02. The summed E-state index contributed by atoms with van der Waals surface area (Å²) in [5.41, 5.74) is 0. The van der Waals surface area contributed by atoms with Gasteiger partial charge in [-0.3, -0.25) is 0 Å². The van der Waals surface area contributed by atoms with Crippen LogP contribution in [0.4, 0.5) is 0 Å². The minimum absolute atomic E-state index is 0.114. The van der Waals surface area contributed by atoms with Crippen molar-refractivity contribution >= 4 is 0 Å². The van der Waals surface area contributed by atoms with Crippen molar-refractivity contribution in [2.24, 2.45) is 5.92 Å². The van der Waals surface area contributed by atoms with Gasteiger partial charge in [-0.05, 0) is 25.7 Å². The maximum atomic E-state index is 8.47. The Morgan fingerprint density at radius 2 is 1.86 bits per heavy atom. The molecular weight excluding hydrogens is 178 g/mol. The first kappa shape index (κ1) is 13.9. The van der Waals surface area contributed by atoms with Crippen LogP contribution >= 0.6 is 0 Å². The molecule has 0 rings (SSSR count). The van der Waals surface area contributed by atoms with E-state index in [9.17, 15) is 0 Å². The van der Waals surface area contributed by atoms with E-state index in [0.29, 0.717) is 19.3 Å². The molecule has 0 radical (unpaired) electrons. The molecule has 86 valence electrons. The minimum Gasteiger partial charge on any atom is -0.394 e. The quantitative estimate of drug-likeness (QED) is 0.557. The molecule has 0 aliphatic carbocycles. The molecular formula is C11H25NO2. The summed E-state index contributed by atoms with van der Waals surface area (Å²) < 4.78 is 5.15. The van der Waals surface area contributed by atoms with Crippen molar-refractivity contribution in [2.45, 2.75) is 39.7 Å². The fraction of sp³-hybridized carbons (Fsp3) is 1.00. The Morgan fingerprint density at radius 1 is 1.14 bits per heavy atom. The standard InChI is InChI=1S/C11H25NO2/c1-10(2)4-5-11(3)12-6-8-14-9-7-13/h10-13H,4-9H2,1-3H3/t11-/m0/s1. The second-order valence-electron chi connectivity index (χ2n) is 4.16. The predicted octanol–water partition coefficient (Wildman–Crippen LogP) is 1.41. The number of aliphatic hydroxyl groups excluding tert-OH is 1. The van der Waals surface area contributed by atoms with Gasteiger partial charge in [-0.15, -0.1) is 0 Å². The normalized spacial score (nSPS) is 13.5. The molecule has 0 heterocycles. The molecule has 0 aliphatic rings. The van der Waals surface area contributed by atoms with Crippen LogP contribution in [0.15, 0.2) is 0 Å². The first-order valence-corrected chi connectivity index (χ1v) is 5.58. The first-order chi connectivity index (χ1) is 6.66. The average molecular weight is 203 g/mol. The molecule has 0 aromatic heterocycles. The molecule has 0 unspecified atom stereocenters. The molecule has 1 atom stereocenters. The predicted molar refractivity (Wildman–Crippen MR) is 59.4 cm³/mol. The number of ether oxygens (including phenoxy) is 1. The Kier molecular flexibility index (Phi) is 9.35. The number of hydrogen-bond donors (Lipinski definition) is 2. The third kappa shape index (κ3) is 9.96. The van der Waals surface area contributed by atoms with Crippen LogP contribution in [0, 0.1) is 5.92 Å². The molecule has 0 spiro atoms. The van der Waals surface area contributed by atoms with Crippen molar-refractivity contribution in [1.82, 2.24) is 5.32 Å². The van der Waals surface area contributed by atoms with Gasteiger partial charge in [0.1, 0.15) is 0 Å². The third-order valence-corrected chi connectivity index (χ3v) is 2.15. The summed E-state index contributed by atoms with van der Waals surface area (Å²) in [7, 11) is 0. The van der Waals surface area contributed by atoms with Crippen LogP contribution in [0.1, 0.15) is 33.6 Å². The van der Waals surface area contributed by atoms with Gasteiger partial charge in [0.2, 0.25) is 0 Å². The fourth-order valence-electron chi connectivity index (χ4n) is 1.23. The van der Waals surface area contributed by atoms with Gasteiger partial charge in [0, 0.05) is 12.6 Å². The van der Waals surface area contributed by atoms with E-state index in [0.717, 1.165) is 12.5 Å². The monoisotopic (exact) mass is 203 g/mol. The van der Waals surface area contributed by atoms with E-state index in [1.165, 1.54) is 12.8 Å². The van der Waals surface area contributed by atoms with Crippen LogP contribution in [0.3, 0.4) is 0 Å². The van der Waals surface area contributed by atoms with Gasteiger partial charge in [0.05, 0.1) is 19.8 Å². The molecule has 0 amide bonds. The van der Waals surface area contributed by atoms with Crippen molar-refractivity contribution < 1.29 is 9.84 Å². The lowest BCUT2D eigenvalue weighted by Gasteiger charge is -2.14. The van der Waals surface area contributed by atoms with Crippen molar-refractivity contribution in [1.29, 1.82) is 0 Å². The van der Waals surface area contributed by atoms with Gasteiger partial charge in [-0.1, -0.05) is 13.8 Å². The largest absolute Gasteiger partial charge is 0.394 e. The molecule has 0 fully saturated rings. The second-order valence-corrected chi connectivity index (χ2v) is 4.16. The SMILES string of the molecule is CC(C)CC[C@H](C)NCCOCCO. The summed E-state index contributed by atoms with van der Waals surface area (Å²) in [5.74, 6) is 0.782. The Balaban J connectivity index is 3.14. The van der Waals surface area contributed by atoms with Crippen molar-refractivity contribution in [3.8, 4) is 0 Å². The Morgan fingerprint density at radius 3 is 2.43 bits per heavy atom. The lowest BCUT2D eigenvalue weighted by atomic mass is 10.0. The van der Waals surface area contributed by atoms with Crippen LogP contribution in [-0.2, 0) is 4.74 Å². The van der Waals surface area contributed by atoms with Crippen LogP contribution in [0.2, 0.25) is 0 Å². The molecule has 0 aliphatic heterocycles. The topological polar surface area (TPSA) is 41.5 Å². The zero-order valence-corrected chi connectivity index (χ0v) is 9.75. The summed E-state index contributed by atoms with van der Waals surface area (Å²) in [6, 6.07) is 0.565. The zero-order chi connectivity index (χ0) is 10.8. The lowest BCUT2D eigenvalue weighted by Crippen LogP contribution is -2.29. The number of aliphatic hydroxyl groups is 1. The number of hydrogen-bond acceptors (Lipinski definition) is 3. The Bertz CT molecular complexity index is 118. The van der Waals surface area contributed by atoms with E-state index in [1.54, 1.807) is 0 Å². The highest BCUT2D eigenvalue weighted by atomic mass is 16.5. The molecule has 2 N–H and O–H groups in total. The lowest BCUT2D eigenvalue weighted by molar-refractivity contribution is 0.0926. The smallest absolute Gasteiger partial charge is 0.0698 e. The van der Waals surface area contributed by atoms with Crippen LogP contribution < -0.4 is 5.32 Å².